The van der Waals surface area contributed by atoms with E-state index in [9.17, 15) is 0 Å². The molecule has 3 heteroatoms. The van der Waals surface area contributed by atoms with Crippen molar-refractivity contribution in [3.8, 4) is 0 Å². The third kappa shape index (κ3) is 22.3. The molecule has 1 aromatic rings. The predicted octanol–water partition coefficient (Wildman–Crippen LogP) is 7.23. The van der Waals surface area contributed by atoms with Crippen LogP contribution in [-0.2, 0) is 98.1 Å². The molecule has 0 nitrogen and oxygen atoms in total. The minimum Gasteiger partial charge on any atom is -0.501 e. The number of allylic oxidation sites excluding steroid dienone is 2. The fourth-order valence-corrected chi connectivity index (χ4v) is 1.31. The molecule has 0 aliphatic heterocycles. The maximum atomic E-state index is 3.35. The Bertz CT molecular complexity index is 364. The summed E-state index contributed by atoms with van der Waals surface area (Å²) in [4.78, 5) is 0. The van der Waals surface area contributed by atoms with Crippen LogP contribution < -0.4 is 0 Å². The first-order chi connectivity index (χ1) is 7.31. The topological polar surface area (TPSA) is 0 Å². The Morgan fingerprint density at radius 3 is 1.04 bits per heavy atom. The van der Waals surface area contributed by atoms with E-state index in [-0.39, 0.29) is 135 Å². The van der Waals surface area contributed by atoms with Gasteiger partial charge in [0.15, 0.2) is 0 Å². The van der Waals surface area contributed by atoms with Gasteiger partial charge in [0.2, 0.25) is 0 Å². The van der Waals surface area contributed by atoms with Gasteiger partial charge in [-0.1, -0.05) is 55.9 Å². The van der Waals surface area contributed by atoms with E-state index in [1.165, 1.54) is 33.4 Å². The molecule has 0 unspecified atom stereocenters. The third-order valence-electron chi connectivity index (χ3n) is 3.12. The Morgan fingerprint density at radius 1 is 0.667 bits per heavy atom. The van der Waals surface area contributed by atoms with Crippen molar-refractivity contribution >= 4 is 0 Å². The third-order valence-corrected chi connectivity index (χ3v) is 3.12. The Morgan fingerprint density at radius 2 is 0.875 bits per heavy atom. The summed E-state index contributed by atoms with van der Waals surface area (Å²) in [5, 5.41) is 0. The molecule has 0 aromatic heterocycles. The van der Waals surface area contributed by atoms with Gasteiger partial charge in [0, 0.05) is 98.1 Å². The van der Waals surface area contributed by atoms with E-state index in [4.69, 9.17) is 0 Å². The van der Waals surface area contributed by atoms with E-state index >= 15 is 0 Å². The zero-order valence-corrected chi connectivity index (χ0v) is 26.2. The molecule has 0 amide bonds. The zero-order valence-electron chi connectivity index (χ0n) is 17.7. The average Bonchev–Trinajstić information content (AvgIpc) is 2.24. The predicted molar refractivity (Wildman–Crippen MR) is 105 cm³/mol. The maximum Gasteiger partial charge on any atom is 0 e. The Hall–Kier alpha value is 2.27. The van der Waals surface area contributed by atoms with Crippen LogP contribution in [0.4, 0.5) is 0 Å². The van der Waals surface area contributed by atoms with Gasteiger partial charge in [-0.3, -0.25) is 5.57 Å². The molecule has 1 rings (SSSR count). The Labute approximate surface area is 232 Å². The van der Waals surface area contributed by atoms with E-state index in [1.54, 1.807) is 0 Å². The second-order valence-electron chi connectivity index (χ2n) is 4.50. The largest absolute Gasteiger partial charge is 0.501 e. The SMILES string of the molecule is C.C[C-]=C(C)C.Cc1[c-]c(C)c(C)c(C)c1C.[CH3-].[CH3-].[CH3-].[CH3-].[Y].[Y].[Y]. The molecule has 0 aliphatic carbocycles. The summed E-state index contributed by atoms with van der Waals surface area (Å²) in [7, 11) is 0. The first-order valence-corrected chi connectivity index (χ1v) is 5.75. The number of rotatable bonds is 0. The number of hydrogen-bond acceptors (Lipinski definition) is 0. The first-order valence-electron chi connectivity index (χ1n) is 5.75. The van der Waals surface area contributed by atoms with Gasteiger partial charge >= 0.3 is 0 Å². The summed E-state index contributed by atoms with van der Waals surface area (Å²) in [6.07, 6.45) is 2.94. The summed E-state index contributed by atoms with van der Waals surface area (Å²) in [6, 6.07) is 3.35. The summed E-state index contributed by atoms with van der Waals surface area (Å²) in [5.41, 5.74) is 8.00. The minimum atomic E-state index is 0. The molecule has 139 valence electrons. The maximum absolute atomic E-state index is 3.35. The molecule has 1 aromatic carbocycles. The van der Waals surface area contributed by atoms with Gasteiger partial charge < -0.3 is 35.8 Å². The average molecular weight is 559 g/mol. The van der Waals surface area contributed by atoms with Crippen LogP contribution in [0.2, 0.25) is 0 Å². The van der Waals surface area contributed by atoms with Crippen molar-refractivity contribution in [3.05, 3.63) is 75.2 Å². The van der Waals surface area contributed by atoms with Crippen LogP contribution in [0, 0.1) is 76.5 Å². The van der Waals surface area contributed by atoms with Gasteiger partial charge in [0.1, 0.15) is 0 Å². The summed E-state index contributed by atoms with van der Waals surface area (Å²) < 4.78 is 0. The fraction of sp³-hybridized carbons (Fsp3) is 0.429. The smallest absolute Gasteiger partial charge is 0 e. The van der Waals surface area contributed by atoms with Crippen molar-refractivity contribution in [3.63, 3.8) is 0 Å². The second-order valence-corrected chi connectivity index (χ2v) is 4.50. The van der Waals surface area contributed by atoms with Crippen molar-refractivity contribution in [2.45, 2.75) is 62.8 Å². The molecule has 0 bridgehead atoms. The molecule has 0 N–H and O–H groups in total. The van der Waals surface area contributed by atoms with E-state index in [0.29, 0.717) is 0 Å². The van der Waals surface area contributed by atoms with Crippen LogP contribution in [0.5, 0.6) is 0 Å². The minimum absolute atomic E-state index is 0. The van der Waals surface area contributed by atoms with E-state index in [2.05, 4.69) is 46.8 Å². The molecule has 0 aliphatic rings. The van der Waals surface area contributed by atoms with Gasteiger partial charge in [-0.2, -0.15) is 40.8 Å². The zero-order chi connectivity index (χ0) is 12.9. The van der Waals surface area contributed by atoms with Gasteiger partial charge in [-0.05, 0) is 0 Å². The quantitative estimate of drug-likeness (QED) is 0.294. The number of benzene rings is 1. The summed E-state index contributed by atoms with van der Waals surface area (Å²) in [6.45, 7) is 16.7. The van der Waals surface area contributed by atoms with E-state index < -0.39 is 0 Å². The molecule has 0 spiro atoms. The molecule has 0 atom stereocenters. The van der Waals surface area contributed by atoms with E-state index in [0.717, 1.165) is 0 Å². The summed E-state index contributed by atoms with van der Waals surface area (Å²) in [5.74, 6) is 0. The number of hydrogen-bond donors (Lipinski definition) is 0. The monoisotopic (exact) mass is 559 g/mol. The molecule has 0 heterocycles. The van der Waals surface area contributed by atoms with Crippen molar-refractivity contribution in [1.29, 1.82) is 0 Å². The molecular weight excluding hydrogens is 519 g/mol. The number of aryl methyl sites for hydroxylation is 2. The molecule has 0 fully saturated rings. The van der Waals surface area contributed by atoms with Crippen LogP contribution in [0.15, 0.2) is 5.57 Å². The summed E-state index contributed by atoms with van der Waals surface area (Å²) >= 11 is 0. The van der Waals surface area contributed by atoms with Gasteiger partial charge in [0.05, 0.1) is 0 Å². The standard InChI is InChI=1S/C11H15.C5H9.CH4.4CH3.3Y/c1-7-6-8(2)10(4)11(5)9(7)3;1-4-5(2)3;;;;;;;;/h1-5H3;1-3H3;1H4;4*1H3;;;/q2*-1;;4*-1;;;. The van der Waals surface area contributed by atoms with Crippen LogP contribution >= 0.6 is 0 Å². The van der Waals surface area contributed by atoms with Crippen LogP contribution in [-0.4, -0.2) is 0 Å². The Balaban J connectivity index is -0.0000000226. The molecule has 24 heavy (non-hydrogen) atoms. The molecule has 3 radical (unpaired) electrons. The van der Waals surface area contributed by atoms with Crippen LogP contribution in [0.25, 0.3) is 0 Å². The molecule has 0 saturated carbocycles. The molecule has 0 saturated heterocycles. The first kappa shape index (κ1) is 56.2. The Kier molecular flexibility index (Phi) is 70.3. The van der Waals surface area contributed by atoms with Gasteiger partial charge in [-0.15, -0.1) is 0 Å². The van der Waals surface area contributed by atoms with Crippen molar-refractivity contribution in [1.82, 2.24) is 0 Å². The normalized spacial score (nSPS) is 6.17. The van der Waals surface area contributed by atoms with Crippen molar-refractivity contribution in [2.75, 3.05) is 0 Å². The van der Waals surface area contributed by atoms with Crippen LogP contribution in [0.1, 0.15) is 56.0 Å². The van der Waals surface area contributed by atoms with E-state index in [1.807, 2.05) is 20.8 Å². The second kappa shape index (κ2) is 30.0. The molecular formula is C21H40Y3-6. The van der Waals surface area contributed by atoms with Gasteiger partial charge in [0.25, 0.3) is 0 Å². The fourth-order valence-electron chi connectivity index (χ4n) is 1.31. The van der Waals surface area contributed by atoms with Crippen molar-refractivity contribution < 1.29 is 98.1 Å². The van der Waals surface area contributed by atoms with Crippen molar-refractivity contribution in [2.24, 2.45) is 0 Å². The van der Waals surface area contributed by atoms with Gasteiger partial charge in [-0.25, -0.2) is 0 Å². The van der Waals surface area contributed by atoms with Crippen LogP contribution in [0.3, 0.4) is 0 Å².